The van der Waals surface area contributed by atoms with Crippen LogP contribution in [-0.4, -0.2) is 24.7 Å². The molecule has 3 aromatic rings. The number of carbonyl (C=O) groups excluding carboxylic acids is 1. The maximum atomic E-state index is 13.3. The van der Waals surface area contributed by atoms with Crippen LogP contribution in [0.3, 0.4) is 0 Å². The Morgan fingerprint density at radius 3 is 2.11 bits per heavy atom. The molecule has 6 rings (SSSR count). The molecule has 4 heterocycles. The quantitative estimate of drug-likeness (QED) is 0.689. The SMILES string of the molecule is CC(=O)N1[C@H](c2ccccc2)[C@H]2CC[C@H]1n1c(=O)n(-c3ccccc3)c(=O)n12. The first-order valence-electron chi connectivity index (χ1n) is 9.45. The predicted octanol–water partition coefficient (Wildman–Crippen LogP) is 2.24. The number of hydrogen-bond donors (Lipinski definition) is 0. The van der Waals surface area contributed by atoms with Gasteiger partial charge >= 0.3 is 11.4 Å². The largest absolute Gasteiger partial charge is 0.353 e. The first-order valence-corrected chi connectivity index (χ1v) is 9.45. The van der Waals surface area contributed by atoms with E-state index in [0.717, 1.165) is 12.0 Å². The minimum atomic E-state index is -0.460. The summed E-state index contributed by atoms with van der Waals surface area (Å²) in [5.74, 6) is -0.0957. The van der Waals surface area contributed by atoms with E-state index in [1.54, 1.807) is 33.8 Å². The lowest BCUT2D eigenvalue weighted by Gasteiger charge is -2.51. The minimum Gasteiger partial charge on any atom is -0.311 e. The zero-order valence-corrected chi connectivity index (χ0v) is 15.4. The summed E-state index contributed by atoms with van der Waals surface area (Å²) in [4.78, 5) is 40.8. The molecule has 3 atom stereocenters. The molecule has 2 aromatic carbocycles. The molecule has 0 radical (unpaired) electrons. The van der Waals surface area contributed by atoms with Crippen molar-refractivity contribution in [1.29, 1.82) is 0 Å². The number of carbonyl (C=O) groups is 1. The number of nitrogens with zero attached hydrogens (tertiary/aromatic N) is 4. The Balaban J connectivity index is 1.77. The Morgan fingerprint density at radius 2 is 1.46 bits per heavy atom. The number of benzene rings is 2. The lowest BCUT2D eigenvalue weighted by Crippen LogP contribution is -2.56. The molecule has 1 amide bonds. The molecular weight excluding hydrogens is 356 g/mol. The second-order valence-electron chi connectivity index (χ2n) is 7.33. The minimum absolute atomic E-state index is 0.0957. The fourth-order valence-electron chi connectivity index (χ4n) is 4.76. The average Bonchev–Trinajstić information content (AvgIpc) is 3.01. The second-order valence-corrected chi connectivity index (χ2v) is 7.33. The number of fused-ring (bicyclic) bond motifs is 2. The van der Waals surface area contributed by atoms with Gasteiger partial charge in [0, 0.05) is 6.92 Å². The van der Waals surface area contributed by atoms with Gasteiger partial charge < -0.3 is 4.90 Å². The lowest BCUT2D eigenvalue weighted by atomic mass is 9.87. The first-order chi connectivity index (χ1) is 13.6. The molecule has 2 bridgehead atoms. The summed E-state index contributed by atoms with van der Waals surface area (Å²) in [7, 11) is 0. The molecule has 1 fully saturated rings. The van der Waals surface area contributed by atoms with Gasteiger partial charge in [-0.15, -0.1) is 0 Å². The van der Waals surface area contributed by atoms with Gasteiger partial charge in [0.1, 0.15) is 6.17 Å². The number of rotatable bonds is 2. The number of para-hydroxylation sites is 1. The summed E-state index contributed by atoms with van der Waals surface area (Å²) in [5.41, 5.74) is 0.765. The molecule has 3 aliphatic rings. The highest BCUT2D eigenvalue weighted by atomic mass is 16.2. The molecule has 0 N–H and O–H groups in total. The van der Waals surface area contributed by atoms with E-state index >= 15 is 0 Å². The Kier molecular flexibility index (Phi) is 3.65. The van der Waals surface area contributed by atoms with Crippen molar-refractivity contribution in [3.8, 4) is 5.69 Å². The molecule has 7 nitrogen and oxygen atoms in total. The molecule has 3 aliphatic heterocycles. The smallest absolute Gasteiger partial charge is 0.311 e. The monoisotopic (exact) mass is 376 g/mol. The topological polar surface area (TPSA) is 69.2 Å². The highest BCUT2D eigenvalue weighted by molar-refractivity contribution is 5.74. The van der Waals surface area contributed by atoms with E-state index < -0.39 is 11.9 Å². The van der Waals surface area contributed by atoms with E-state index in [1.807, 2.05) is 36.4 Å². The molecule has 0 aliphatic carbocycles. The van der Waals surface area contributed by atoms with Gasteiger partial charge in [-0.2, -0.15) is 0 Å². The van der Waals surface area contributed by atoms with Gasteiger partial charge in [0.2, 0.25) is 5.91 Å². The maximum absolute atomic E-state index is 13.3. The third-order valence-electron chi connectivity index (χ3n) is 5.83. The van der Waals surface area contributed by atoms with Crippen molar-refractivity contribution in [2.24, 2.45) is 0 Å². The molecule has 0 unspecified atom stereocenters. The van der Waals surface area contributed by atoms with Crippen LogP contribution in [0.1, 0.15) is 43.6 Å². The highest BCUT2D eigenvalue weighted by Crippen LogP contribution is 2.48. The summed E-state index contributed by atoms with van der Waals surface area (Å²) in [5, 5.41) is 0. The van der Waals surface area contributed by atoms with Gasteiger partial charge in [0.15, 0.2) is 0 Å². The first kappa shape index (κ1) is 16.8. The molecule has 0 spiro atoms. The van der Waals surface area contributed by atoms with Crippen molar-refractivity contribution in [1.82, 2.24) is 18.8 Å². The van der Waals surface area contributed by atoms with Crippen LogP contribution >= 0.6 is 0 Å². The van der Waals surface area contributed by atoms with E-state index in [1.165, 1.54) is 16.2 Å². The summed E-state index contributed by atoms with van der Waals surface area (Å²) < 4.78 is 4.25. The standard InChI is InChI=1S/C21H20N4O3/c1-14(26)22-18-13-12-17(19(22)15-8-4-2-5-9-15)24-20(27)23(21(28)25(18)24)16-10-6-3-7-11-16/h2-11,17-19H,12-13H2,1H3/t17-,18-,19-/m1/s1. The zero-order chi connectivity index (χ0) is 19.4. The van der Waals surface area contributed by atoms with Gasteiger partial charge in [-0.3, -0.25) is 4.79 Å². The van der Waals surface area contributed by atoms with Crippen LogP contribution in [0.15, 0.2) is 70.3 Å². The van der Waals surface area contributed by atoms with Crippen molar-refractivity contribution in [3.63, 3.8) is 0 Å². The fourth-order valence-corrected chi connectivity index (χ4v) is 4.76. The van der Waals surface area contributed by atoms with Gasteiger partial charge in [-0.25, -0.2) is 23.5 Å². The number of aromatic nitrogens is 3. The molecule has 1 aromatic heterocycles. The van der Waals surface area contributed by atoms with E-state index in [0.29, 0.717) is 12.1 Å². The van der Waals surface area contributed by atoms with Crippen molar-refractivity contribution < 1.29 is 4.79 Å². The third-order valence-corrected chi connectivity index (χ3v) is 5.83. The number of hydrogen-bond acceptors (Lipinski definition) is 3. The van der Waals surface area contributed by atoms with E-state index in [9.17, 15) is 14.4 Å². The zero-order valence-electron chi connectivity index (χ0n) is 15.4. The van der Waals surface area contributed by atoms with Gasteiger partial charge in [-0.05, 0) is 30.5 Å². The van der Waals surface area contributed by atoms with Gasteiger partial charge in [-0.1, -0.05) is 48.5 Å². The van der Waals surface area contributed by atoms with Crippen molar-refractivity contribution in [2.75, 3.05) is 0 Å². The van der Waals surface area contributed by atoms with Crippen molar-refractivity contribution in [2.45, 2.75) is 38.0 Å². The molecule has 142 valence electrons. The van der Waals surface area contributed by atoms with Crippen LogP contribution in [0.25, 0.3) is 5.69 Å². The molecule has 0 saturated carbocycles. The number of piperidine rings is 1. The average molecular weight is 376 g/mol. The Bertz CT molecular complexity index is 1160. The van der Waals surface area contributed by atoms with Crippen LogP contribution in [0, 0.1) is 0 Å². The van der Waals surface area contributed by atoms with Crippen LogP contribution in [0.2, 0.25) is 0 Å². The van der Waals surface area contributed by atoms with Gasteiger partial charge in [0.25, 0.3) is 0 Å². The van der Waals surface area contributed by atoms with Crippen molar-refractivity contribution >= 4 is 5.91 Å². The third kappa shape index (κ3) is 2.19. The van der Waals surface area contributed by atoms with E-state index in [4.69, 9.17) is 0 Å². The predicted molar refractivity (Wildman–Crippen MR) is 103 cm³/mol. The van der Waals surface area contributed by atoms with E-state index in [2.05, 4.69) is 0 Å². The summed E-state index contributed by atoms with van der Waals surface area (Å²) in [6.45, 7) is 1.53. The Labute approximate surface area is 161 Å². The Hall–Kier alpha value is -3.35. The van der Waals surface area contributed by atoms with Gasteiger partial charge in [0.05, 0.1) is 17.8 Å². The van der Waals surface area contributed by atoms with Crippen molar-refractivity contribution in [3.05, 3.63) is 87.2 Å². The summed E-state index contributed by atoms with van der Waals surface area (Å²) in [6, 6.07) is 18.1. The second kappa shape index (κ2) is 6.09. The van der Waals surface area contributed by atoms with Crippen LogP contribution in [-0.2, 0) is 4.79 Å². The number of amides is 1. The normalized spacial score (nSPS) is 22.9. The maximum Gasteiger partial charge on any atom is 0.353 e. The van der Waals surface area contributed by atoms with Crippen LogP contribution < -0.4 is 11.4 Å². The van der Waals surface area contributed by atoms with Crippen LogP contribution in [0.5, 0.6) is 0 Å². The Morgan fingerprint density at radius 1 is 0.857 bits per heavy atom. The molecule has 28 heavy (non-hydrogen) atoms. The molecule has 1 saturated heterocycles. The fraction of sp³-hybridized carbons (Fsp3) is 0.286. The summed E-state index contributed by atoms with van der Waals surface area (Å²) >= 11 is 0. The molecular formula is C21H20N4O3. The van der Waals surface area contributed by atoms with E-state index in [-0.39, 0.29) is 23.7 Å². The highest BCUT2D eigenvalue weighted by Gasteiger charge is 2.49. The summed E-state index contributed by atoms with van der Waals surface area (Å²) in [6.07, 6.45) is 0.940. The lowest BCUT2D eigenvalue weighted by molar-refractivity contribution is -0.149. The van der Waals surface area contributed by atoms with Crippen LogP contribution in [0.4, 0.5) is 0 Å². The molecule has 7 heteroatoms.